The molecule has 1 aromatic rings. The van der Waals surface area contributed by atoms with Crippen molar-refractivity contribution in [2.75, 3.05) is 31.0 Å². The smallest absolute Gasteiger partial charge is 0.388 e. The van der Waals surface area contributed by atoms with E-state index < -0.39 is 11.7 Å². The quantitative estimate of drug-likeness (QED) is 0.878. The number of likely N-dealkylation sites (N-methyl/N-ethyl adjacent to an activating group) is 1. The lowest BCUT2D eigenvalue weighted by atomic mass is 10.1. The van der Waals surface area contributed by atoms with Crippen LogP contribution in [0.25, 0.3) is 0 Å². The zero-order valence-electron chi connectivity index (χ0n) is 10.1. The van der Waals surface area contributed by atoms with Gasteiger partial charge in [-0.05, 0) is 18.2 Å². The number of anilines is 2. The molecule has 0 aromatic heterocycles. The maximum atomic E-state index is 13.0. The molecular formula is C12H14F3N3. The second kappa shape index (κ2) is 4.53. The maximum Gasteiger partial charge on any atom is 0.418 e. The van der Waals surface area contributed by atoms with Crippen molar-refractivity contribution >= 4 is 11.4 Å². The molecule has 0 amide bonds. The first-order chi connectivity index (χ1) is 8.43. The zero-order valence-corrected chi connectivity index (χ0v) is 10.1. The van der Waals surface area contributed by atoms with Gasteiger partial charge in [0.1, 0.15) is 0 Å². The molecule has 1 N–H and O–H groups in total. The van der Waals surface area contributed by atoms with Gasteiger partial charge < -0.3 is 5.32 Å². The average Bonchev–Trinajstić information content (AvgIpc) is 2.73. The highest BCUT2D eigenvalue weighted by Crippen LogP contribution is 2.39. The first kappa shape index (κ1) is 12.8. The summed E-state index contributed by atoms with van der Waals surface area (Å²) in [6.07, 6.45) is -0.921. The fourth-order valence-corrected chi connectivity index (χ4v) is 1.88. The summed E-state index contributed by atoms with van der Waals surface area (Å²) in [6, 6.07) is 4.22. The van der Waals surface area contributed by atoms with E-state index in [-0.39, 0.29) is 5.69 Å². The molecule has 0 bridgehead atoms. The largest absolute Gasteiger partial charge is 0.418 e. The fraction of sp³-hybridized carbons (Fsp3) is 0.333. The van der Waals surface area contributed by atoms with Crippen molar-refractivity contribution < 1.29 is 13.2 Å². The molecular weight excluding hydrogens is 243 g/mol. The van der Waals surface area contributed by atoms with Crippen molar-refractivity contribution in [1.29, 1.82) is 0 Å². The summed E-state index contributed by atoms with van der Waals surface area (Å²) in [5.74, 6) is 0. The summed E-state index contributed by atoms with van der Waals surface area (Å²) in [5, 5.41) is 5.93. The number of hydrogen-bond donors (Lipinski definition) is 1. The van der Waals surface area contributed by atoms with Crippen molar-refractivity contribution in [2.24, 2.45) is 0 Å². The molecule has 0 saturated carbocycles. The number of nitrogens with one attached hydrogen (secondary N) is 1. The Bertz CT molecular complexity index is 468. The average molecular weight is 257 g/mol. The van der Waals surface area contributed by atoms with Crippen LogP contribution in [0, 0.1) is 0 Å². The van der Waals surface area contributed by atoms with Gasteiger partial charge in [-0.2, -0.15) is 13.2 Å². The number of alkyl halides is 3. The van der Waals surface area contributed by atoms with E-state index in [9.17, 15) is 13.2 Å². The Morgan fingerprint density at radius 1 is 1.28 bits per heavy atom. The first-order valence-corrected chi connectivity index (χ1v) is 5.49. The zero-order chi connectivity index (χ0) is 13.3. The molecule has 1 aliphatic rings. The molecule has 0 unspecified atom stereocenters. The molecule has 1 aliphatic heterocycles. The molecule has 0 atom stereocenters. The predicted molar refractivity (Wildman–Crippen MR) is 65.2 cm³/mol. The molecule has 0 radical (unpaired) electrons. The highest BCUT2D eigenvalue weighted by atomic mass is 19.4. The van der Waals surface area contributed by atoms with Crippen molar-refractivity contribution in [1.82, 2.24) is 5.01 Å². The van der Waals surface area contributed by atoms with Gasteiger partial charge >= 0.3 is 6.18 Å². The summed E-state index contributed by atoms with van der Waals surface area (Å²) in [6.45, 7) is 0.602. The highest BCUT2D eigenvalue weighted by Gasteiger charge is 2.36. The van der Waals surface area contributed by atoms with E-state index in [1.807, 2.05) is 6.08 Å². The summed E-state index contributed by atoms with van der Waals surface area (Å²) in [7, 11) is 3.34. The molecule has 0 spiro atoms. The van der Waals surface area contributed by atoms with E-state index in [0.717, 1.165) is 6.07 Å². The van der Waals surface area contributed by atoms with Gasteiger partial charge in [-0.1, -0.05) is 6.08 Å². The molecule has 18 heavy (non-hydrogen) atoms. The van der Waals surface area contributed by atoms with Crippen molar-refractivity contribution in [3.63, 3.8) is 0 Å². The van der Waals surface area contributed by atoms with E-state index >= 15 is 0 Å². The summed E-state index contributed by atoms with van der Waals surface area (Å²) in [4.78, 5) is 0. The minimum Gasteiger partial charge on any atom is -0.388 e. The predicted octanol–water partition coefficient (Wildman–Crippen LogP) is 2.93. The monoisotopic (exact) mass is 257 g/mol. The van der Waals surface area contributed by atoms with Gasteiger partial charge in [0, 0.05) is 32.5 Å². The molecule has 3 nitrogen and oxygen atoms in total. The van der Waals surface area contributed by atoms with Crippen LogP contribution in [0.4, 0.5) is 24.5 Å². The van der Waals surface area contributed by atoms with Crippen LogP contribution in [0.15, 0.2) is 30.5 Å². The first-order valence-electron chi connectivity index (χ1n) is 5.49. The van der Waals surface area contributed by atoms with Gasteiger partial charge in [0.2, 0.25) is 0 Å². The summed E-state index contributed by atoms with van der Waals surface area (Å²) in [5.41, 5.74) is -0.0672. The van der Waals surface area contributed by atoms with Crippen molar-refractivity contribution in [2.45, 2.75) is 6.18 Å². The van der Waals surface area contributed by atoms with Gasteiger partial charge in [-0.3, -0.25) is 5.01 Å². The van der Waals surface area contributed by atoms with E-state index in [4.69, 9.17) is 0 Å². The second-order valence-corrected chi connectivity index (χ2v) is 4.05. The van der Waals surface area contributed by atoms with Crippen LogP contribution in [-0.2, 0) is 6.18 Å². The van der Waals surface area contributed by atoms with Gasteiger partial charge in [0.15, 0.2) is 0 Å². The molecule has 2 rings (SSSR count). The Morgan fingerprint density at radius 2 is 2.00 bits per heavy atom. The lowest BCUT2D eigenvalue weighted by Gasteiger charge is -2.28. The van der Waals surface area contributed by atoms with E-state index in [1.54, 1.807) is 31.4 Å². The minimum absolute atomic E-state index is 0.137. The molecule has 1 aromatic carbocycles. The third kappa shape index (κ3) is 2.28. The van der Waals surface area contributed by atoms with Gasteiger partial charge in [0.25, 0.3) is 0 Å². The summed E-state index contributed by atoms with van der Waals surface area (Å²) >= 11 is 0. The molecule has 98 valence electrons. The third-order valence-electron chi connectivity index (χ3n) is 2.82. The number of nitrogens with zero attached hydrogens (tertiary/aromatic N) is 2. The number of benzene rings is 1. The second-order valence-electron chi connectivity index (χ2n) is 4.05. The lowest BCUT2D eigenvalue weighted by Crippen LogP contribution is -2.32. The van der Waals surface area contributed by atoms with Crippen LogP contribution >= 0.6 is 0 Å². The van der Waals surface area contributed by atoms with Crippen LogP contribution in [0.1, 0.15) is 5.56 Å². The Hall–Kier alpha value is -1.69. The Labute approximate surface area is 103 Å². The number of hydrogen-bond acceptors (Lipinski definition) is 3. The third-order valence-corrected chi connectivity index (χ3v) is 2.82. The standard InChI is InChI=1S/C12H14F3N3/c1-16-9-4-5-11(10(8-9)12(13,14)15)18-7-3-6-17(18)2/h3-5,7-8,16H,6H2,1-2H3. The molecule has 0 saturated heterocycles. The van der Waals surface area contributed by atoms with Crippen LogP contribution < -0.4 is 10.3 Å². The van der Waals surface area contributed by atoms with Crippen molar-refractivity contribution in [3.8, 4) is 0 Å². The molecule has 0 aliphatic carbocycles. The molecule has 1 heterocycles. The number of halogens is 3. The van der Waals surface area contributed by atoms with Gasteiger partial charge in [0.05, 0.1) is 11.3 Å². The lowest BCUT2D eigenvalue weighted by molar-refractivity contribution is -0.137. The normalized spacial score (nSPS) is 16.4. The Balaban J connectivity index is 2.49. The SMILES string of the molecule is CNc1ccc(N2C=CCN2C)c(C(F)(F)F)c1. The van der Waals surface area contributed by atoms with Gasteiger partial charge in [-0.25, -0.2) is 5.01 Å². The van der Waals surface area contributed by atoms with Gasteiger partial charge in [-0.15, -0.1) is 0 Å². The van der Waals surface area contributed by atoms with Crippen LogP contribution in [0.3, 0.4) is 0 Å². The number of rotatable bonds is 2. The minimum atomic E-state index is -4.38. The molecule has 0 fully saturated rings. The Kier molecular flexibility index (Phi) is 3.21. The van der Waals surface area contributed by atoms with Crippen LogP contribution in [0.2, 0.25) is 0 Å². The van der Waals surface area contributed by atoms with Crippen molar-refractivity contribution in [3.05, 3.63) is 36.0 Å². The topological polar surface area (TPSA) is 18.5 Å². The van der Waals surface area contributed by atoms with Crippen LogP contribution in [-0.4, -0.2) is 25.6 Å². The Morgan fingerprint density at radius 3 is 2.50 bits per heavy atom. The van der Waals surface area contributed by atoms with Crippen LogP contribution in [0.5, 0.6) is 0 Å². The molecule has 6 heteroatoms. The fourth-order valence-electron chi connectivity index (χ4n) is 1.88. The maximum absolute atomic E-state index is 13.0. The number of hydrazine groups is 1. The van der Waals surface area contributed by atoms with E-state index in [0.29, 0.717) is 12.2 Å². The van der Waals surface area contributed by atoms with E-state index in [1.165, 1.54) is 11.1 Å². The summed E-state index contributed by atoms with van der Waals surface area (Å²) < 4.78 is 39.1. The highest BCUT2D eigenvalue weighted by molar-refractivity contribution is 5.63. The van der Waals surface area contributed by atoms with E-state index in [2.05, 4.69) is 5.32 Å².